The largest absolute Gasteiger partial charge is 0.459 e. The highest BCUT2D eigenvalue weighted by atomic mass is 127. The van der Waals surface area contributed by atoms with Crippen molar-refractivity contribution in [1.29, 1.82) is 0 Å². The van der Waals surface area contributed by atoms with Crippen molar-refractivity contribution in [2.24, 2.45) is 4.99 Å². The number of aromatic nitrogens is 1. The molecule has 0 spiro atoms. The molecule has 0 radical (unpaired) electrons. The van der Waals surface area contributed by atoms with Crippen molar-refractivity contribution in [3.63, 3.8) is 0 Å². The summed E-state index contributed by atoms with van der Waals surface area (Å²) in [4.78, 5) is 4.53. The number of furan rings is 1. The van der Waals surface area contributed by atoms with Crippen LogP contribution in [0.4, 0.5) is 4.39 Å². The van der Waals surface area contributed by atoms with Gasteiger partial charge in [-0.05, 0) is 38.0 Å². The van der Waals surface area contributed by atoms with Crippen LogP contribution in [0.5, 0.6) is 0 Å². The number of aliphatic imine (C=N–C) groups is 1. The van der Waals surface area contributed by atoms with E-state index in [1.54, 1.807) is 6.07 Å². The van der Waals surface area contributed by atoms with E-state index in [1.165, 1.54) is 12.1 Å². The lowest BCUT2D eigenvalue weighted by Crippen LogP contribution is -2.36. The lowest BCUT2D eigenvalue weighted by molar-refractivity contribution is 0.376. The minimum absolute atomic E-state index is 0. The first kappa shape index (κ1) is 22.2. The van der Waals surface area contributed by atoms with E-state index < -0.39 is 0 Å². The predicted molar refractivity (Wildman–Crippen MR) is 119 cm³/mol. The number of aryl methyl sites for hydroxylation is 1. The molecule has 28 heavy (non-hydrogen) atoms. The maximum atomic E-state index is 13.5. The van der Waals surface area contributed by atoms with Gasteiger partial charge >= 0.3 is 0 Å². The van der Waals surface area contributed by atoms with Crippen molar-refractivity contribution in [1.82, 2.24) is 15.8 Å². The highest BCUT2D eigenvalue weighted by molar-refractivity contribution is 14.0. The second-order valence-electron chi connectivity index (χ2n) is 6.71. The average Bonchev–Trinajstić information content (AvgIpc) is 3.23. The Balaban J connectivity index is 0.00000280. The first-order chi connectivity index (χ1) is 13.0. The summed E-state index contributed by atoms with van der Waals surface area (Å²) in [5.74, 6) is 2.16. The maximum Gasteiger partial charge on any atom is 0.192 e. The Bertz CT molecular complexity index is 949. The van der Waals surface area contributed by atoms with Crippen LogP contribution in [-0.4, -0.2) is 17.7 Å². The first-order valence-corrected chi connectivity index (χ1v) is 9.13. The molecule has 0 bridgehead atoms. The number of nitrogens with zero attached hydrogens (tertiary/aromatic N) is 2. The van der Waals surface area contributed by atoms with Crippen molar-refractivity contribution in [2.45, 2.75) is 46.7 Å². The van der Waals surface area contributed by atoms with Gasteiger partial charge in [-0.3, -0.25) is 0 Å². The molecule has 0 fully saturated rings. The molecule has 0 saturated carbocycles. The van der Waals surface area contributed by atoms with E-state index >= 15 is 0 Å². The Morgan fingerprint density at radius 2 is 2.04 bits per heavy atom. The third-order valence-corrected chi connectivity index (χ3v) is 4.32. The van der Waals surface area contributed by atoms with Crippen LogP contribution in [0, 0.1) is 12.7 Å². The Labute approximate surface area is 181 Å². The molecule has 0 amide bonds. The molecule has 2 N–H and O–H groups in total. The molecule has 0 aliphatic heterocycles. The highest BCUT2D eigenvalue weighted by Gasteiger charge is 2.12. The molecule has 0 saturated heterocycles. The normalized spacial score (nSPS) is 11.7. The summed E-state index contributed by atoms with van der Waals surface area (Å²) in [6, 6.07) is 6.47. The maximum absolute atomic E-state index is 13.5. The van der Waals surface area contributed by atoms with Crippen LogP contribution < -0.4 is 10.6 Å². The number of guanidine groups is 1. The van der Waals surface area contributed by atoms with Crippen molar-refractivity contribution in [2.75, 3.05) is 6.54 Å². The number of fused-ring (bicyclic) bond motifs is 1. The summed E-state index contributed by atoms with van der Waals surface area (Å²) in [5, 5.41) is 11.3. The molecular weight excluding hydrogens is 474 g/mol. The van der Waals surface area contributed by atoms with Crippen LogP contribution in [0.15, 0.2) is 38.2 Å². The van der Waals surface area contributed by atoms with E-state index in [4.69, 9.17) is 8.94 Å². The lowest BCUT2D eigenvalue weighted by Gasteiger charge is -2.10. The van der Waals surface area contributed by atoms with Crippen molar-refractivity contribution in [3.8, 4) is 0 Å². The molecular formula is C20H26FIN4O2. The number of benzene rings is 1. The van der Waals surface area contributed by atoms with Gasteiger partial charge < -0.3 is 19.6 Å². The smallest absolute Gasteiger partial charge is 0.192 e. The monoisotopic (exact) mass is 500 g/mol. The topological polar surface area (TPSA) is 75.6 Å². The molecule has 0 unspecified atom stereocenters. The summed E-state index contributed by atoms with van der Waals surface area (Å²) < 4.78 is 24.6. The second-order valence-corrected chi connectivity index (χ2v) is 6.71. The molecule has 8 heteroatoms. The van der Waals surface area contributed by atoms with Crippen LogP contribution in [0.2, 0.25) is 0 Å². The summed E-state index contributed by atoms with van der Waals surface area (Å²) in [6.45, 7) is 9.62. The van der Waals surface area contributed by atoms with Gasteiger partial charge in [0.05, 0.1) is 12.2 Å². The molecule has 0 aliphatic carbocycles. The molecule has 1 aromatic carbocycles. The zero-order chi connectivity index (χ0) is 19.4. The van der Waals surface area contributed by atoms with Gasteiger partial charge in [0.25, 0.3) is 0 Å². The zero-order valence-corrected chi connectivity index (χ0v) is 18.8. The summed E-state index contributed by atoms with van der Waals surface area (Å²) >= 11 is 0. The van der Waals surface area contributed by atoms with Gasteiger partial charge in [-0.2, -0.15) is 0 Å². The number of hydrogen-bond donors (Lipinski definition) is 2. The zero-order valence-electron chi connectivity index (χ0n) is 16.5. The van der Waals surface area contributed by atoms with Crippen LogP contribution >= 0.6 is 24.0 Å². The van der Waals surface area contributed by atoms with E-state index in [2.05, 4.69) is 34.6 Å². The van der Waals surface area contributed by atoms with Crippen LogP contribution in [0.3, 0.4) is 0 Å². The fourth-order valence-electron chi connectivity index (χ4n) is 2.75. The fraction of sp³-hybridized carbons (Fsp3) is 0.400. The van der Waals surface area contributed by atoms with E-state index in [0.717, 1.165) is 28.9 Å². The molecule has 152 valence electrons. The molecule has 0 aliphatic rings. The molecule has 2 aromatic heterocycles. The Morgan fingerprint density at radius 3 is 2.71 bits per heavy atom. The number of hydrogen-bond acceptors (Lipinski definition) is 4. The van der Waals surface area contributed by atoms with Crippen molar-refractivity contribution < 1.29 is 13.3 Å². The lowest BCUT2D eigenvalue weighted by atomic mass is 10.1. The van der Waals surface area contributed by atoms with Crippen molar-refractivity contribution >= 4 is 40.9 Å². The first-order valence-electron chi connectivity index (χ1n) is 9.13. The third kappa shape index (κ3) is 5.24. The van der Waals surface area contributed by atoms with Crippen LogP contribution in [-0.2, 0) is 13.1 Å². The molecule has 3 aromatic rings. The van der Waals surface area contributed by atoms with E-state index in [9.17, 15) is 4.39 Å². The Morgan fingerprint density at radius 1 is 1.25 bits per heavy atom. The minimum atomic E-state index is -0.270. The van der Waals surface area contributed by atoms with Crippen molar-refractivity contribution in [3.05, 3.63) is 52.9 Å². The van der Waals surface area contributed by atoms with Gasteiger partial charge in [-0.1, -0.05) is 19.0 Å². The summed E-state index contributed by atoms with van der Waals surface area (Å²) in [5.41, 5.74) is 2.52. The second kappa shape index (κ2) is 9.90. The van der Waals surface area contributed by atoms with E-state index in [1.807, 2.05) is 19.9 Å². The molecule has 0 atom stereocenters. The number of nitrogens with one attached hydrogen (secondary N) is 2. The number of rotatable bonds is 6. The van der Waals surface area contributed by atoms with Gasteiger partial charge in [0.1, 0.15) is 23.7 Å². The Hall–Kier alpha value is -2.10. The van der Waals surface area contributed by atoms with Gasteiger partial charge in [0.15, 0.2) is 11.7 Å². The minimum Gasteiger partial charge on any atom is -0.459 e. The summed E-state index contributed by atoms with van der Waals surface area (Å²) in [7, 11) is 0. The molecule has 2 heterocycles. The number of halogens is 2. The highest BCUT2D eigenvalue weighted by Crippen LogP contribution is 2.25. The van der Waals surface area contributed by atoms with Gasteiger partial charge in [-0.15, -0.1) is 24.0 Å². The molecule has 6 nitrogen and oxygen atoms in total. The standard InChI is InChI=1S/C20H25FN4O2.HI/c1-5-22-20(23-10-15-9-17(12(2)3)25-27-15)24-11-19-13(4)16-8-14(21)6-7-18(16)26-19;/h6-9,12H,5,10-11H2,1-4H3,(H2,22,23,24);1H. The quantitative estimate of drug-likeness (QED) is 0.287. The predicted octanol–water partition coefficient (Wildman–Crippen LogP) is 4.87. The SMILES string of the molecule is CCNC(=NCc1cc(C(C)C)no1)NCc1oc2ccc(F)cc2c1C.I. The summed E-state index contributed by atoms with van der Waals surface area (Å²) in [6.07, 6.45) is 0. The third-order valence-electron chi connectivity index (χ3n) is 4.32. The van der Waals surface area contributed by atoms with Gasteiger partial charge in [0.2, 0.25) is 0 Å². The van der Waals surface area contributed by atoms with Crippen LogP contribution in [0.1, 0.15) is 49.5 Å². The van der Waals surface area contributed by atoms with E-state index in [0.29, 0.717) is 36.3 Å². The van der Waals surface area contributed by atoms with Gasteiger partial charge in [-0.25, -0.2) is 9.38 Å². The average molecular weight is 500 g/mol. The Kier molecular flexibility index (Phi) is 7.85. The van der Waals surface area contributed by atoms with Gasteiger partial charge in [0, 0.05) is 23.6 Å². The van der Waals surface area contributed by atoms with Crippen LogP contribution in [0.25, 0.3) is 11.0 Å². The fourth-order valence-corrected chi connectivity index (χ4v) is 2.75. The molecule has 3 rings (SSSR count). The van der Waals surface area contributed by atoms with E-state index in [-0.39, 0.29) is 29.8 Å².